The summed E-state index contributed by atoms with van der Waals surface area (Å²) in [5, 5.41) is 2.92. The average molecular weight is 357 g/mol. The lowest BCUT2D eigenvalue weighted by atomic mass is 10.2. The Bertz CT molecular complexity index is 620. The van der Waals surface area contributed by atoms with E-state index >= 15 is 0 Å². The molecular weight excluding hydrogens is 346 g/mol. The number of rotatable bonds is 4. The van der Waals surface area contributed by atoms with E-state index < -0.39 is 0 Å². The van der Waals surface area contributed by atoms with Crippen molar-refractivity contribution in [1.82, 2.24) is 15.3 Å². The minimum absolute atomic E-state index is 0.165. The Morgan fingerprint density at radius 2 is 2.20 bits per heavy atom. The highest BCUT2D eigenvalue weighted by Gasteiger charge is 2.11. The minimum Gasteiger partial charge on any atom is -0.481 e. The summed E-state index contributed by atoms with van der Waals surface area (Å²) in [6, 6.07) is 5.18. The number of methoxy groups -OCH3 is 1. The predicted molar refractivity (Wildman–Crippen MR) is 78.9 cm³/mol. The van der Waals surface area contributed by atoms with Crippen LogP contribution in [0.25, 0.3) is 0 Å². The van der Waals surface area contributed by atoms with Crippen molar-refractivity contribution in [2.75, 3.05) is 7.11 Å². The van der Waals surface area contributed by atoms with Gasteiger partial charge in [-0.3, -0.25) is 4.79 Å². The molecule has 2 aromatic heterocycles. The van der Waals surface area contributed by atoms with Gasteiger partial charge in [0.1, 0.15) is 5.15 Å². The molecule has 0 unspecified atom stereocenters. The van der Waals surface area contributed by atoms with Crippen molar-refractivity contribution in [1.29, 1.82) is 0 Å². The quantitative estimate of drug-likeness (QED) is 0.856. The van der Waals surface area contributed by atoms with Crippen LogP contribution >= 0.6 is 27.5 Å². The van der Waals surface area contributed by atoms with E-state index in [2.05, 4.69) is 31.2 Å². The number of carbonyl (C=O) groups is 1. The van der Waals surface area contributed by atoms with Gasteiger partial charge in [0.25, 0.3) is 5.91 Å². The third-order valence-corrected chi connectivity index (χ3v) is 3.24. The molecule has 1 amide bonds. The molecule has 2 aromatic rings. The van der Waals surface area contributed by atoms with Crippen LogP contribution in [0.15, 0.2) is 35.1 Å². The van der Waals surface area contributed by atoms with Gasteiger partial charge in [-0.2, -0.15) is 0 Å². The zero-order valence-electron chi connectivity index (χ0n) is 10.6. The molecule has 20 heavy (non-hydrogen) atoms. The number of amides is 1. The fourth-order valence-electron chi connectivity index (χ4n) is 1.50. The zero-order valence-corrected chi connectivity index (χ0v) is 12.9. The molecule has 0 radical (unpaired) electrons. The van der Waals surface area contributed by atoms with E-state index in [9.17, 15) is 4.79 Å². The Morgan fingerprint density at radius 3 is 2.85 bits per heavy atom. The maximum absolute atomic E-state index is 12.0. The van der Waals surface area contributed by atoms with Gasteiger partial charge in [-0.1, -0.05) is 17.7 Å². The number of hydrogen-bond acceptors (Lipinski definition) is 4. The van der Waals surface area contributed by atoms with Gasteiger partial charge in [-0.15, -0.1) is 0 Å². The normalized spacial score (nSPS) is 10.2. The molecule has 0 saturated carbocycles. The van der Waals surface area contributed by atoms with Gasteiger partial charge < -0.3 is 10.1 Å². The number of pyridine rings is 2. The summed E-state index contributed by atoms with van der Waals surface area (Å²) in [6.45, 7) is 0.346. The summed E-state index contributed by atoms with van der Waals surface area (Å²) in [4.78, 5) is 20.0. The molecule has 0 bridgehead atoms. The molecule has 7 heteroatoms. The van der Waals surface area contributed by atoms with E-state index in [1.807, 2.05) is 6.07 Å². The van der Waals surface area contributed by atoms with Crippen LogP contribution in [-0.4, -0.2) is 23.0 Å². The second-order valence-electron chi connectivity index (χ2n) is 3.88. The Kier molecular flexibility index (Phi) is 4.92. The van der Waals surface area contributed by atoms with Crippen molar-refractivity contribution in [2.24, 2.45) is 0 Å². The molecule has 5 nitrogen and oxygen atoms in total. The number of carbonyl (C=O) groups excluding carboxylic acids is 1. The predicted octanol–water partition coefficient (Wildman–Crippen LogP) is 2.83. The Labute approximate surface area is 129 Å². The first-order chi connectivity index (χ1) is 9.60. The molecule has 0 fully saturated rings. The standard InChI is InChI=1S/C13H11BrClN3O2/c1-20-11-3-2-8(5-16-11)6-18-13(19)10-4-9(14)7-17-12(10)15/h2-5,7H,6H2,1H3,(H,18,19). The molecule has 0 atom stereocenters. The molecule has 2 rings (SSSR count). The van der Waals surface area contributed by atoms with Crippen molar-refractivity contribution >= 4 is 33.4 Å². The van der Waals surface area contributed by atoms with Crippen molar-refractivity contribution < 1.29 is 9.53 Å². The van der Waals surface area contributed by atoms with Gasteiger partial charge in [0.2, 0.25) is 5.88 Å². The van der Waals surface area contributed by atoms with Crippen LogP contribution in [-0.2, 0) is 6.54 Å². The van der Waals surface area contributed by atoms with Crippen molar-refractivity contribution in [2.45, 2.75) is 6.54 Å². The minimum atomic E-state index is -0.292. The average Bonchev–Trinajstić information content (AvgIpc) is 2.47. The van der Waals surface area contributed by atoms with Crippen molar-refractivity contribution in [3.63, 3.8) is 0 Å². The lowest BCUT2D eigenvalue weighted by Crippen LogP contribution is -2.23. The van der Waals surface area contributed by atoms with Gasteiger partial charge in [0.05, 0.1) is 12.7 Å². The smallest absolute Gasteiger partial charge is 0.254 e. The second kappa shape index (κ2) is 6.67. The lowest BCUT2D eigenvalue weighted by Gasteiger charge is -2.07. The van der Waals surface area contributed by atoms with Crippen LogP contribution in [0.4, 0.5) is 0 Å². The number of nitrogens with one attached hydrogen (secondary N) is 1. The molecule has 0 aliphatic carbocycles. The van der Waals surface area contributed by atoms with Crippen molar-refractivity contribution in [3.05, 3.63) is 51.3 Å². The Morgan fingerprint density at radius 1 is 1.40 bits per heavy atom. The van der Waals surface area contributed by atoms with Crippen LogP contribution in [0.5, 0.6) is 5.88 Å². The van der Waals surface area contributed by atoms with Gasteiger partial charge >= 0.3 is 0 Å². The third kappa shape index (κ3) is 3.68. The zero-order chi connectivity index (χ0) is 14.5. The third-order valence-electron chi connectivity index (χ3n) is 2.51. The van der Waals surface area contributed by atoms with E-state index in [-0.39, 0.29) is 11.1 Å². The van der Waals surface area contributed by atoms with E-state index in [1.165, 1.54) is 6.20 Å². The molecule has 2 heterocycles. The SMILES string of the molecule is COc1ccc(CNC(=O)c2cc(Br)cnc2Cl)cn1. The summed E-state index contributed by atoms with van der Waals surface area (Å²) >= 11 is 9.14. The van der Waals surface area contributed by atoms with Gasteiger partial charge in [-0.05, 0) is 27.6 Å². The van der Waals surface area contributed by atoms with Crippen LogP contribution in [0.1, 0.15) is 15.9 Å². The highest BCUT2D eigenvalue weighted by atomic mass is 79.9. The molecule has 0 aliphatic rings. The summed E-state index contributed by atoms with van der Waals surface area (Å²) in [5.41, 5.74) is 1.18. The van der Waals surface area contributed by atoms with Crippen LogP contribution in [0, 0.1) is 0 Å². The molecular formula is C13H11BrClN3O2. The maximum Gasteiger partial charge on any atom is 0.254 e. The van der Waals surface area contributed by atoms with Gasteiger partial charge in [0, 0.05) is 29.5 Å². The highest BCUT2D eigenvalue weighted by molar-refractivity contribution is 9.10. The fraction of sp³-hybridized carbons (Fsp3) is 0.154. The molecule has 0 saturated heterocycles. The summed E-state index contributed by atoms with van der Waals surface area (Å²) in [6.07, 6.45) is 3.17. The van der Waals surface area contributed by atoms with Gasteiger partial charge in [0.15, 0.2) is 0 Å². The van der Waals surface area contributed by atoms with E-state index in [4.69, 9.17) is 16.3 Å². The number of halogens is 2. The number of hydrogen-bond donors (Lipinski definition) is 1. The number of aromatic nitrogens is 2. The molecule has 1 N–H and O–H groups in total. The number of nitrogens with zero attached hydrogens (tertiary/aromatic N) is 2. The first kappa shape index (κ1) is 14.7. The molecule has 0 spiro atoms. The Balaban J connectivity index is 2.02. The van der Waals surface area contributed by atoms with Crippen LogP contribution < -0.4 is 10.1 Å². The van der Waals surface area contributed by atoms with Crippen LogP contribution in [0.2, 0.25) is 5.15 Å². The van der Waals surface area contributed by atoms with E-state index in [0.717, 1.165) is 5.56 Å². The largest absolute Gasteiger partial charge is 0.481 e. The monoisotopic (exact) mass is 355 g/mol. The lowest BCUT2D eigenvalue weighted by molar-refractivity contribution is 0.0950. The summed E-state index contributed by atoms with van der Waals surface area (Å²) in [7, 11) is 1.55. The van der Waals surface area contributed by atoms with E-state index in [0.29, 0.717) is 22.5 Å². The van der Waals surface area contributed by atoms with E-state index in [1.54, 1.807) is 25.4 Å². The summed E-state index contributed by atoms with van der Waals surface area (Å²) in [5.74, 6) is 0.235. The number of ether oxygens (including phenoxy) is 1. The highest BCUT2D eigenvalue weighted by Crippen LogP contribution is 2.18. The molecule has 0 aliphatic heterocycles. The Hall–Kier alpha value is -1.66. The second-order valence-corrected chi connectivity index (χ2v) is 5.16. The first-order valence-corrected chi connectivity index (χ1v) is 6.85. The molecule has 0 aromatic carbocycles. The maximum atomic E-state index is 12.0. The topological polar surface area (TPSA) is 64.1 Å². The van der Waals surface area contributed by atoms with Crippen LogP contribution in [0.3, 0.4) is 0 Å². The first-order valence-electron chi connectivity index (χ1n) is 5.68. The summed E-state index contributed by atoms with van der Waals surface area (Å²) < 4.78 is 5.66. The molecule has 104 valence electrons. The van der Waals surface area contributed by atoms with Crippen molar-refractivity contribution in [3.8, 4) is 5.88 Å². The fourth-order valence-corrected chi connectivity index (χ4v) is 2.02. The van der Waals surface area contributed by atoms with Gasteiger partial charge in [-0.25, -0.2) is 9.97 Å².